The third-order valence-electron chi connectivity index (χ3n) is 2.76. The zero-order valence-corrected chi connectivity index (χ0v) is 12.4. The number of nitrogens with one attached hydrogen (secondary N) is 1. The van der Waals surface area contributed by atoms with Crippen LogP contribution in [0.4, 0.5) is 0 Å². The molecule has 112 valence electrons. The van der Waals surface area contributed by atoms with E-state index in [1.54, 1.807) is 14.0 Å². The Bertz CT molecular complexity index is 271. The third kappa shape index (κ3) is 8.56. The first kappa shape index (κ1) is 17.9. The van der Waals surface area contributed by atoms with Gasteiger partial charge >= 0.3 is 5.97 Å². The molecular weight excluding hydrogens is 248 g/mol. The molecule has 0 spiro atoms. The molecule has 0 bridgehead atoms. The zero-order valence-electron chi connectivity index (χ0n) is 12.4. The van der Waals surface area contributed by atoms with Crippen molar-refractivity contribution in [1.82, 2.24) is 10.2 Å². The average Bonchev–Trinajstić information content (AvgIpc) is 2.40. The smallest absolute Gasteiger partial charge is 0.325 e. The average molecular weight is 274 g/mol. The molecule has 0 fully saturated rings. The predicted octanol–water partition coefficient (Wildman–Crippen LogP) is 0.413. The van der Waals surface area contributed by atoms with Crippen molar-refractivity contribution in [3.8, 4) is 0 Å². The molecule has 0 aliphatic rings. The van der Waals surface area contributed by atoms with Crippen LogP contribution >= 0.6 is 0 Å². The summed E-state index contributed by atoms with van der Waals surface area (Å²) in [5, 5.41) is 3.11. The predicted molar refractivity (Wildman–Crippen MR) is 72.8 cm³/mol. The van der Waals surface area contributed by atoms with Crippen LogP contribution in [-0.4, -0.2) is 62.8 Å². The van der Waals surface area contributed by atoms with Crippen LogP contribution < -0.4 is 5.32 Å². The Balaban J connectivity index is 4.29. The van der Waals surface area contributed by atoms with Crippen molar-refractivity contribution in [1.29, 1.82) is 0 Å². The number of methoxy groups -OCH3 is 1. The second kappa shape index (κ2) is 10.8. The van der Waals surface area contributed by atoms with Crippen LogP contribution in [0.15, 0.2) is 0 Å². The van der Waals surface area contributed by atoms with E-state index in [2.05, 4.69) is 5.32 Å². The number of amides is 1. The molecule has 0 saturated heterocycles. The highest BCUT2D eigenvalue weighted by Crippen LogP contribution is 1.94. The lowest BCUT2D eigenvalue weighted by Gasteiger charge is -2.22. The maximum Gasteiger partial charge on any atom is 0.325 e. The lowest BCUT2D eigenvalue weighted by Crippen LogP contribution is -2.44. The summed E-state index contributed by atoms with van der Waals surface area (Å²) < 4.78 is 9.80. The first-order valence-corrected chi connectivity index (χ1v) is 6.70. The highest BCUT2D eigenvalue weighted by molar-refractivity contribution is 5.83. The van der Waals surface area contributed by atoms with Gasteiger partial charge in [-0.3, -0.25) is 9.59 Å². The van der Waals surface area contributed by atoms with E-state index in [-0.39, 0.29) is 25.0 Å². The topological polar surface area (TPSA) is 67.9 Å². The number of hydrogen-bond acceptors (Lipinski definition) is 5. The van der Waals surface area contributed by atoms with E-state index < -0.39 is 5.97 Å². The number of esters is 1. The van der Waals surface area contributed by atoms with Gasteiger partial charge in [0.15, 0.2) is 0 Å². The van der Waals surface area contributed by atoms with Crippen molar-refractivity contribution in [3.05, 3.63) is 0 Å². The van der Waals surface area contributed by atoms with Gasteiger partial charge < -0.3 is 19.7 Å². The Kier molecular flexibility index (Phi) is 10.1. The van der Waals surface area contributed by atoms with E-state index in [4.69, 9.17) is 9.47 Å². The fraction of sp³-hybridized carbons (Fsp3) is 0.846. The Labute approximate surface area is 115 Å². The lowest BCUT2D eigenvalue weighted by molar-refractivity contribution is -0.149. The van der Waals surface area contributed by atoms with Gasteiger partial charge in [0.05, 0.1) is 19.8 Å². The van der Waals surface area contributed by atoms with Gasteiger partial charge in [0.1, 0.15) is 6.54 Å². The number of ether oxygens (including phenoxy) is 2. The van der Waals surface area contributed by atoms with Crippen LogP contribution in [0.25, 0.3) is 0 Å². The molecule has 6 nitrogen and oxygen atoms in total. The standard InChI is InChI=1S/C13H26N2O4/c1-5-11(3)14-9-12(16)15(7-8-18-4)10-13(17)19-6-2/h11,14H,5-10H2,1-4H3. The number of carbonyl (C=O) groups is 2. The van der Waals surface area contributed by atoms with E-state index in [0.29, 0.717) is 19.8 Å². The summed E-state index contributed by atoms with van der Waals surface area (Å²) >= 11 is 0. The molecule has 0 aliphatic carbocycles. The second-order valence-corrected chi connectivity index (χ2v) is 4.30. The quantitative estimate of drug-likeness (QED) is 0.585. The molecule has 0 rings (SSSR count). The van der Waals surface area contributed by atoms with Crippen molar-refractivity contribution in [2.75, 3.05) is 40.0 Å². The summed E-state index contributed by atoms with van der Waals surface area (Å²) in [7, 11) is 1.56. The van der Waals surface area contributed by atoms with Crippen LogP contribution in [0.3, 0.4) is 0 Å². The van der Waals surface area contributed by atoms with Crippen LogP contribution in [0.1, 0.15) is 27.2 Å². The summed E-state index contributed by atoms with van der Waals surface area (Å²) in [6.07, 6.45) is 0.948. The molecule has 0 saturated carbocycles. The van der Waals surface area contributed by atoms with Gasteiger partial charge in [-0.05, 0) is 20.3 Å². The first-order valence-electron chi connectivity index (χ1n) is 6.70. The molecule has 6 heteroatoms. The molecule has 1 amide bonds. The van der Waals surface area contributed by atoms with Crippen molar-refractivity contribution in [2.45, 2.75) is 33.2 Å². The number of carbonyl (C=O) groups excluding carboxylic acids is 2. The minimum atomic E-state index is -0.393. The summed E-state index contributed by atoms with van der Waals surface area (Å²) in [6, 6.07) is 0.274. The van der Waals surface area contributed by atoms with Gasteiger partial charge in [0.2, 0.25) is 5.91 Å². The normalized spacial score (nSPS) is 12.0. The largest absolute Gasteiger partial charge is 0.465 e. The van der Waals surface area contributed by atoms with E-state index in [9.17, 15) is 9.59 Å². The number of rotatable bonds is 10. The van der Waals surface area contributed by atoms with Crippen molar-refractivity contribution in [2.24, 2.45) is 0 Å². The van der Waals surface area contributed by atoms with E-state index in [1.165, 1.54) is 4.90 Å². The van der Waals surface area contributed by atoms with Gasteiger partial charge in [-0.15, -0.1) is 0 Å². The van der Waals surface area contributed by atoms with Gasteiger partial charge in [-0.2, -0.15) is 0 Å². The second-order valence-electron chi connectivity index (χ2n) is 4.30. The summed E-state index contributed by atoms with van der Waals surface area (Å²) in [6.45, 7) is 7.09. The van der Waals surface area contributed by atoms with Crippen LogP contribution in [-0.2, 0) is 19.1 Å². The monoisotopic (exact) mass is 274 g/mol. The maximum absolute atomic E-state index is 12.0. The maximum atomic E-state index is 12.0. The number of nitrogens with zero attached hydrogens (tertiary/aromatic N) is 1. The first-order chi connectivity index (χ1) is 9.04. The van der Waals surface area contributed by atoms with Gasteiger partial charge in [-0.25, -0.2) is 0 Å². The Morgan fingerprint density at radius 3 is 2.53 bits per heavy atom. The molecule has 1 atom stereocenters. The van der Waals surface area contributed by atoms with Crippen LogP contribution in [0, 0.1) is 0 Å². The van der Waals surface area contributed by atoms with Crippen molar-refractivity contribution in [3.63, 3.8) is 0 Å². The molecule has 0 aromatic rings. The SMILES string of the molecule is CCOC(=O)CN(CCOC)C(=O)CNC(C)CC. The number of hydrogen-bond donors (Lipinski definition) is 1. The van der Waals surface area contributed by atoms with Gasteiger partial charge in [0.25, 0.3) is 0 Å². The summed E-state index contributed by atoms with van der Waals surface area (Å²) in [4.78, 5) is 24.9. The highest BCUT2D eigenvalue weighted by atomic mass is 16.5. The van der Waals surface area contributed by atoms with Crippen LogP contribution in [0.2, 0.25) is 0 Å². The minimum Gasteiger partial charge on any atom is -0.465 e. The molecule has 0 aromatic heterocycles. The molecule has 0 aromatic carbocycles. The van der Waals surface area contributed by atoms with Gasteiger partial charge in [-0.1, -0.05) is 6.92 Å². The third-order valence-corrected chi connectivity index (χ3v) is 2.76. The van der Waals surface area contributed by atoms with E-state index >= 15 is 0 Å². The summed E-state index contributed by atoms with van der Waals surface area (Å²) in [5.74, 6) is -0.513. The molecule has 1 unspecified atom stereocenters. The van der Waals surface area contributed by atoms with Crippen LogP contribution in [0.5, 0.6) is 0 Å². The highest BCUT2D eigenvalue weighted by Gasteiger charge is 2.17. The van der Waals surface area contributed by atoms with Crippen molar-refractivity contribution >= 4 is 11.9 Å². The Morgan fingerprint density at radius 2 is 2.00 bits per heavy atom. The lowest BCUT2D eigenvalue weighted by atomic mass is 10.2. The minimum absolute atomic E-state index is 0.0295. The molecule has 0 radical (unpaired) electrons. The Morgan fingerprint density at radius 1 is 1.32 bits per heavy atom. The fourth-order valence-electron chi connectivity index (χ4n) is 1.37. The zero-order chi connectivity index (χ0) is 14.7. The summed E-state index contributed by atoms with van der Waals surface area (Å²) in [5.41, 5.74) is 0. The molecule has 1 N–H and O–H groups in total. The van der Waals surface area contributed by atoms with E-state index in [1.807, 2.05) is 13.8 Å². The molecule has 19 heavy (non-hydrogen) atoms. The van der Waals surface area contributed by atoms with Gasteiger partial charge in [0, 0.05) is 19.7 Å². The van der Waals surface area contributed by atoms with Crippen molar-refractivity contribution < 1.29 is 19.1 Å². The molecular formula is C13H26N2O4. The Hall–Kier alpha value is -1.14. The van der Waals surface area contributed by atoms with E-state index in [0.717, 1.165) is 6.42 Å². The fourth-order valence-corrected chi connectivity index (χ4v) is 1.37. The molecule has 0 heterocycles. The molecule has 0 aliphatic heterocycles.